The van der Waals surface area contributed by atoms with Crippen molar-refractivity contribution in [1.29, 1.82) is 0 Å². The number of hydrogen-bond donors (Lipinski definition) is 3. The van der Waals surface area contributed by atoms with E-state index < -0.39 is 42.0 Å². The van der Waals surface area contributed by atoms with Gasteiger partial charge in [0.15, 0.2) is 6.04 Å². The first-order chi connectivity index (χ1) is 12.7. The largest absolute Gasteiger partial charge is 0.480 e. The highest BCUT2D eigenvalue weighted by Gasteiger charge is 2.45. The Morgan fingerprint density at radius 2 is 1.82 bits per heavy atom. The zero-order valence-corrected chi connectivity index (χ0v) is 16.4. The van der Waals surface area contributed by atoms with Crippen LogP contribution in [0.15, 0.2) is 30.3 Å². The maximum absolute atomic E-state index is 12.6. The number of halogens is 1. The lowest BCUT2D eigenvalue weighted by atomic mass is 10.0. The van der Waals surface area contributed by atoms with E-state index in [9.17, 15) is 29.4 Å². The zero-order chi connectivity index (χ0) is 20.1. The van der Waals surface area contributed by atoms with Gasteiger partial charge in [0.2, 0.25) is 5.91 Å². The fourth-order valence-corrected chi connectivity index (χ4v) is 2.99. The van der Waals surface area contributed by atoms with Crippen molar-refractivity contribution in [3.63, 3.8) is 0 Å². The van der Waals surface area contributed by atoms with Crippen LogP contribution < -0.4 is 5.32 Å². The second-order valence-corrected chi connectivity index (χ2v) is 6.53. The summed E-state index contributed by atoms with van der Waals surface area (Å²) in [6.45, 7) is 1.31. The molecule has 0 saturated carbocycles. The molecule has 9 nitrogen and oxygen atoms in total. The summed E-state index contributed by atoms with van der Waals surface area (Å²) in [7, 11) is 1.41. The number of hydrogen-bond acceptors (Lipinski definition) is 5. The van der Waals surface area contributed by atoms with Gasteiger partial charge in [-0.3, -0.25) is 14.9 Å². The number of likely N-dealkylation sites (N-methyl/N-ethyl adjacent to an activating group) is 1. The average molecular weight is 414 g/mol. The van der Waals surface area contributed by atoms with Crippen LogP contribution in [-0.4, -0.2) is 75.6 Å². The van der Waals surface area contributed by atoms with Crippen molar-refractivity contribution in [3.05, 3.63) is 35.9 Å². The summed E-state index contributed by atoms with van der Waals surface area (Å²) in [6, 6.07) is 5.29. The van der Waals surface area contributed by atoms with Crippen molar-refractivity contribution in [2.45, 2.75) is 37.9 Å². The molecule has 0 radical (unpaired) electrons. The van der Waals surface area contributed by atoms with E-state index in [1.807, 2.05) is 30.3 Å². The molecule has 3 atom stereocenters. The Bertz CT molecular complexity index is 729. The number of aliphatic carboxylic acids is 2. The molecule has 2 rings (SSSR count). The van der Waals surface area contributed by atoms with Crippen molar-refractivity contribution in [2.75, 3.05) is 13.6 Å². The van der Waals surface area contributed by atoms with Gasteiger partial charge in [0, 0.05) is 7.05 Å². The van der Waals surface area contributed by atoms with Crippen molar-refractivity contribution in [3.8, 4) is 0 Å². The normalized spacial score (nSPS) is 18.4. The second-order valence-electron chi connectivity index (χ2n) is 6.53. The summed E-state index contributed by atoms with van der Waals surface area (Å²) in [6.07, 6.45) is 0.738. The number of carbonyl (C=O) groups excluding carboxylic acids is 2. The zero-order valence-electron chi connectivity index (χ0n) is 15.6. The summed E-state index contributed by atoms with van der Waals surface area (Å²) in [5.74, 6) is -3.17. The third-order valence-corrected chi connectivity index (χ3v) is 4.50. The highest BCUT2D eigenvalue weighted by Crippen LogP contribution is 2.17. The third-order valence-electron chi connectivity index (χ3n) is 4.50. The van der Waals surface area contributed by atoms with E-state index in [4.69, 9.17) is 0 Å². The fraction of sp³-hybridized carbons (Fsp3) is 0.444. The molecule has 0 spiro atoms. The molecule has 3 amide bonds. The molecule has 1 fully saturated rings. The molecule has 0 aliphatic carbocycles. The van der Waals surface area contributed by atoms with E-state index in [1.54, 1.807) is 0 Å². The first-order valence-electron chi connectivity index (χ1n) is 8.56. The predicted octanol–water partition coefficient (Wildman–Crippen LogP) is 0.820. The Morgan fingerprint density at radius 1 is 1.21 bits per heavy atom. The lowest BCUT2D eigenvalue weighted by Crippen LogP contribution is -2.54. The Hall–Kier alpha value is -2.65. The molecule has 28 heavy (non-hydrogen) atoms. The maximum atomic E-state index is 12.6. The van der Waals surface area contributed by atoms with Crippen LogP contribution in [0.25, 0.3) is 0 Å². The van der Waals surface area contributed by atoms with Crippen LogP contribution in [0.2, 0.25) is 0 Å². The molecular formula is C18H24ClN3O6. The molecule has 1 aromatic carbocycles. The van der Waals surface area contributed by atoms with E-state index in [2.05, 4.69) is 5.32 Å². The molecule has 1 heterocycles. The smallest absolute Gasteiger partial charge is 0.328 e. The summed E-state index contributed by atoms with van der Waals surface area (Å²) in [4.78, 5) is 49.4. The van der Waals surface area contributed by atoms with Gasteiger partial charge >= 0.3 is 18.0 Å². The van der Waals surface area contributed by atoms with E-state index in [1.165, 1.54) is 14.0 Å². The molecule has 1 aliphatic heterocycles. The van der Waals surface area contributed by atoms with Gasteiger partial charge in [-0.15, -0.1) is 12.4 Å². The molecule has 10 heteroatoms. The lowest BCUT2D eigenvalue weighted by molar-refractivity contribution is -0.147. The van der Waals surface area contributed by atoms with Crippen LogP contribution in [0.1, 0.15) is 18.9 Å². The van der Waals surface area contributed by atoms with E-state index >= 15 is 0 Å². The maximum Gasteiger partial charge on any atom is 0.328 e. The minimum absolute atomic E-state index is 0. The van der Waals surface area contributed by atoms with Crippen LogP contribution in [0.4, 0.5) is 4.79 Å². The first kappa shape index (κ1) is 23.4. The summed E-state index contributed by atoms with van der Waals surface area (Å²) >= 11 is 0. The molecule has 0 aromatic heterocycles. The summed E-state index contributed by atoms with van der Waals surface area (Å²) < 4.78 is 0. The molecule has 0 unspecified atom stereocenters. The second kappa shape index (κ2) is 10.0. The summed E-state index contributed by atoms with van der Waals surface area (Å²) in [5.41, 5.74) is 0.965. The Balaban J connectivity index is 0.00000392. The van der Waals surface area contributed by atoms with E-state index in [0.29, 0.717) is 11.3 Å². The van der Waals surface area contributed by atoms with Gasteiger partial charge in [-0.1, -0.05) is 30.3 Å². The number of aryl methyl sites for hydroxylation is 1. The van der Waals surface area contributed by atoms with Gasteiger partial charge in [0.1, 0.15) is 6.04 Å². The van der Waals surface area contributed by atoms with Crippen LogP contribution >= 0.6 is 12.4 Å². The number of carboxylic acids is 2. The van der Waals surface area contributed by atoms with Gasteiger partial charge < -0.3 is 15.1 Å². The Morgan fingerprint density at radius 3 is 2.36 bits per heavy atom. The van der Waals surface area contributed by atoms with Gasteiger partial charge in [-0.2, -0.15) is 0 Å². The predicted molar refractivity (Wildman–Crippen MR) is 102 cm³/mol. The minimum atomic E-state index is -1.29. The fourth-order valence-electron chi connectivity index (χ4n) is 2.99. The van der Waals surface area contributed by atoms with Crippen LogP contribution in [0.5, 0.6) is 0 Å². The van der Waals surface area contributed by atoms with Gasteiger partial charge in [-0.25, -0.2) is 14.5 Å². The number of rotatable bonds is 8. The molecule has 3 N–H and O–H groups in total. The lowest BCUT2D eigenvalue weighted by Gasteiger charge is -2.25. The third kappa shape index (κ3) is 5.43. The first-order valence-corrected chi connectivity index (χ1v) is 8.56. The van der Waals surface area contributed by atoms with E-state index in [0.717, 1.165) is 10.5 Å². The molecule has 1 aliphatic rings. The quantitative estimate of drug-likeness (QED) is 0.575. The van der Waals surface area contributed by atoms with Crippen molar-refractivity contribution < 1.29 is 29.4 Å². The van der Waals surface area contributed by atoms with E-state index in [-0.39, 0.29) is 25.4 Å². The highest BCUT2D eigenvalue weighted by atomic mass is 35.5. The standard InChI is InChI=1S/C18H23N3O6.ClH/c1-11(15(22)21-14(17(25)26)10-20(2)18(21)27)19-13(16(23)24)9-8-12-6-4-3-5-7-12;/h3-7,11,13-14,19H,8-10H2,1-2H3,(H,23,24)(H,25,26);1H/t11-,13+,14+;/m1./s1. The molecular weight excluding hydrogens is 390 g/mol. The average Bonchev–Trinajstić information content (AvgIpc) is 2.93. The molecule has 1 saturated heterocycles. The van der Waals surface area contributed by atoms with Crippen molar-refractivity contribution in [1.82, 2.24) is 15.1 Å². The van der Waals surface area contributed by atoms with Crippen LogP contribution in [0, 0.1) is 0 Å². The number of carboxylic acid groups (broad SMARTS) is 2. The molecule has 154 valence electrons. The SMILES string of the molecule is C[C@@H](N[C@@H](CCc1ccccc1)C(=O)O)C(=O)N1C(=O)N(C)C[C@H]1C(=O)O.Cl. The van der Waals surface area contributed by atoms with Crippen LogP contribution in [0.3, 0.4) is 0 Å². The highest BCUT2D eigenvalue weighted by molar-refractivity contribution is 6.02. The minimum Gasteiger partial charge on any atom is -0.480 e. The Labute approximate surface area is 168 Å². The number of urea groups is 1. The van der Waals surface area contributed by atoms with Gasteiger partial charge in [0.05, 0.1) is 12.6 Å². The molecule has 1 aromatic rings. The van der Waals surface area contributed by atoms with Crippen molar-refractivity contribution in [2.24, 2.45) is 0 Å². The number of nitrogens with zero attached hydrogens (tertiary/aromatic N) is 2. The van der Waals surface area contributed by atoms with Gasteiger partial charge in [-0.05, 0) is 25.3 Å². The number of amides is 3. The molecule has 0 bridgehead atoms. The topological polar surface area (TPSA) is 127 Å². The number of carbonyl (C=O) groups is 4. The van der Waals surface area contributed by atoms with Crippen LogP contribution in [-0.2, 0) is 20.8 Å². The monoisotopic (exact) mass is 413 g/mol. The Kier molecular flexibility index (Phi) is 8.39. The van der Waals surface area contributed by atoms with Gasteiger partial charge in [0.25, 0.3) is 0 Å². The number of imide groups is 1. The summed E-state index contributed by atoms with van der Waals surface area (Å²) in [5, 5.41) is 21.4. The number of benzene rings is 1. The van der Waals surface area contributed by atoms with Crippen molar-refractivity contribution >= 4 is 36.3 Å². The number of nitrogens with one attached hydrogen (secondary N) is 1.